The highest BCUT2D eigenvalue weighted by Gasteiger charge is 2.27. The van der Waals surface area contributed by atoms with Crippen molar-refractivity contribution in [2.24, 2.45) is 0 Å². The molecular weight excluding hydrogens is 464 g/mol. The Labute approximate surface area is 196 Å². The summed E-state index contributed by atoms with van der Waals surface area (Å²) in [5, 5.41) is 11.9. The minimum atomic E-state index is -3.60. The zero-order valence-corrected chi connectivity index (χ0v) is 19.9. The van der Waals surface area contributed by atoms with Gasteiger partial charge in [0.25, 0.3) is 5.91 Å². The molecule has 1 aromatic heterocycles. The fourth-order valence-corrected chi connectivity index (χ4v) is 5.92. The van der Waals surface area contributed by atoms with Crippen LogP contribution in [0.5, 0.6) is 11.5 Å². The van der Waals surface area contributed by atoms with Crippen molar-refractivity contribution in [1.29, 1.82) is 0 Å². The molecule has 0 aliphatic carbocycles. The summed E-state index contributed by atoms with van der Waals surface area (Å²) in [6.07, 6.45) is 2.21. The van der Waals surface area contributed by atoms with Crippen LogP contribution in [0.25, 0.3) is 0 Å². The van der Waals surface area contributed by atoms with Crippen LogP contribution in [0, 0.1) is 0 Å². The van der Waals surface area contributed by atoms with E-state index in [4.69, 9.17) is 9.47 Å². The third-order valence-corrected chi connectivity index (χ3v) is 8.02. The third-order valence-electron chi connectivity index (χ3n) is 5.29. The zero-order valence-electron chi connectivity index (χ0n) is 18.3. The number of aromatic nitrogens is 2. The number of carbonyl (C=O) groups is 1. The molecule has 11 heteroatoms. The molecule has 0 unspecified atom stereocenters. The van der Waals surface area contributed by atoms with E-state index in [0.29, 0.717) is 41.1 Å². The molecule has 2 heterocycles. The molecule has 0 spiro atoms. The molecule has 0 bridgehead atoms. The van der Waals surface area contributed by atoms with Gasteiger partial charge < -0.3 is 9.47 Å². The highest BCUT2D eigenvalue weighted by Crippen LogP contribution is 2.29. The van der Waals surface area contributed by atoms with E-state index in [2.05, 4.69) is 15.5 Å². The molecule has 1 amide bonds. The van der Waals surface area contributed by atoms with Crippen molar-refractivity contribution < 1.29 is 22.7 Å². The average Bonchev–Trinajstić information content (AvgIpc) is 3.52. The first-order chi connectivity index (χ1) is 15.9. The number of hydrogen-bond acceptors (Lipinski definition) is 8. The van der Waals surface area contributed by atoms with Crippen molar-refractivity contribution in [3.63, 3.8) is 0 Å². The van der Waals surface area contributed by atoms with Crippen LogP contribution >= 0.6 is 11.3 Å². The molecule has 0 radical (unpaired) electrons. The summed E-state index contributed by atoms with van der Waals surface area (Å²) in [4.78, 5) is 12.8. The Kier molecular flexibility index (Phi) is 6.91. The Balaban J connectivity index is 1.45. The van der Waals surface area contributed by atoms with Crippen LogP contribution in [0.1, 0.15) is 33.8 Å². The van der Waals surface area contributed by atoms with Crippen LogP contribution < -0.4 is 14.8 Å². The van der Waals surface area contributed by atoms with Gasteiger partial charge >= 0.3 is 0 Å². The predicted octanol–water partition coefficient (Wildman–Crippen LogP) is 3.18. The van der Waals surface area contributed by atoms with Gasteiger partial charge in [-0.3, -0.25) is 10.1 Å². The summed E-state index contributed by atoms with van der Waals surface area (Å²) < 4.78 is 37.6. The van der Waals surface area contributed by atoms with Gasteiger partial charge in [0.2, 0.25) is 15.2 Å². The van der Waals surface area contributed by atoms with E-state index in [1.807, 2.05) is 18.2 Å². The van der Waals surface area contributed by atoms with E-state index in [-0.39, 0.29) is 10.5 Å². The van der Waals surface area contributed by atoms with Gasteiger partial charge in [-0.15, -0.1) is 10.2 Å². The molecule has 1 fully saturated rings. The van der Waals surface area contributed by atoms with E-state index >= 15 is 0 Å². The zero-order chi connectivity index (χ0) is 23.4. The summed E-state index contributed by atoms with van der Waals surface area (Å²) in [7, 11) is -0.447. The van der Waals surface area contributed by atoms with Crippen molar-refractivity contribution in [2.45, 2.75) is 24.2 Å². The molecule has 1 saturated heterocycles. The summed E-state index contributed by atoms with van der Waals surface area (Å²) in [6, 6.07) is 11.6. The lowest BCUT2D eigenvalue weighted by Crippen LogP contribution is -2.28. The van der Waals surface area contributed by atoms with Crippen LogP contribution in [0.3, 0.4) is 0 Å². The van der Waals surface area contributed by atoms with Crippen molar-refractivity contribution in [2.75, 3.05) is 32.6 Å². The highest BCUT2D eigenvalue weighted by atomic mass is 32.2. The number of amides is 1. The smallest absolute Gasteiger partial charge is 0.257 e. The van der Waals surface area contributed by atoms with Crippen LogP contribution in [-0.2, 0) is 16.4 Å². The molecule has 0 saturated carbocycles. The summed E-state index contributed by atoms with van der Waals surface area (Å²) in [6.45, 7) is 1.01. The maximum Gasteiger partial charge on any atom is 0.257 e. The summed E-state index contributed by atoms with van der Waals surface area (Å²) in [5.74, 6) is 0.819. The Morgan fingerprint density at radius 2 is 1.82 bits per heavy atom. The van der Waals surface area contributed by atoms with Crippen molar-refractivity contribution in [3.8, 4) is 11.5 Å². The predicted molar refractivity (Wildman–Crippen MR) is 125 cm³/mol. The molecule has 1 aliphatic rings. The number of hydrogen-bond donors (Lipinski definition) is 1. The molecule has 9 nitrogen and oxygen atoms in total. The van der Waals surface area contributed by atoms with Gasteiger partial charge in [0.15, 0.2) is 11.5 Å². The number of anilines is 1. The van der Waals surface area contributed by atoms with Crippen molar-refractivity contribution in [3.05, 3.63) is 58.6 Å². The topological polar surface area (TPSA) is 111 Å². The monoisotopic (exact) mass is 488 g/mol. The Hall–Kier alpha value is -3.02. The average molecular weight is 489 g/mol. The first-order valence-electron chi connectivity index (χ1n) is 10.4. The largest absolute Gasteiger partial charge is 0.493 e. The van der Waals surface area contributed by atoms with Crippen LogP contribution in [0.2, 0.25) is 0 Å². The molecule has 4 rings (SSSR count). The molecule has 1 N–H and O–H groups in total. The second kappa shape index (κ2) is 9.86. The molecule has 3 aromatic rings. The first kappa shape index (κ1) is 23.1. The minimum Gasteiger partial charge on any atom is -0.493 e. The van der Waals surface area contributed by atoms with E-state index < -0.39 is 15.9 Å². The van der Waals surface area contributed by atoms with Crippen LogP contribution in [0.15, 0.2) is 47.4 Å². The van der Waals surface area contributed by atoms with Gasteiger partial charge in [0, 0.05) is 25.1 Å². The number of nitrogens with one attached hydrogen (secondary N) is 1. The Morgan fingerprint density at radius 1 is 1.06 bits per heavy atom. The van der Waals surface area contributed by atoms with Gasteiger partial charge in [-0.05, 0) is 48.7 Å². The number of benzene rings is 2. The van der Waals surface area contributed by atoms with E-state index in [9.17, 15) is 13.2 Å². The number of methoxy groups -OCH3 is 2. The van der Waals surface area contributed by atoms with Gasteiger partial charge in [-0.1, -0.05) is 23.5 Å². The van der Waals surface area contributed by atoms with E-state index in [0.717, 1.165) is 18.4 Å². The SMILES string of the molecule is COc1ccc(Cc2nnc(NC(=O)c3cccc(S(=O)(=O)N4CCCC4)c3)s2)cc1OC. The normalized spacial score (nSPS) is 14.2. The van der Waals surface area contributed by atoms with Crippen molar-refractivity contribution >= 4 is 32.4 Å². The number of rotatable bonds is 8. The standard InChI is InChI=1S/C22H24N4O5S2/c1-30-18-9-8-15(12-19(18)31-2)13-20-24-25-22(32-20)23-21(27)16-6-5-7-17(14-16)33(28,29)26-10-3-4-11-26/h5-9,12,14H,3-4,10-11,13H2,1-2H3,(H,23,25,27). The van der Waals surface area contributed by atoms with Crippen LogP contribution in [0.4, 0.5) is 5.13 Å². The fraction of sp³-hybridized carbons (Fsp3) is 0.318. The Morgan fingerprint density at radius 3 is 2.55 bits per heavy atom. The quantitative estimate of drug-likeness (QED) is 0.518. The number of ether oxygens (including phenoxy) is 2. The maximum absolute atomic E-state index is 12.8. The third kappa shape index (κ3) is 5.15. The van der Waals surface area contributed by atoms with E-state index in [1.165, 1.54) is 27.8 Å². The second-order valence-electron chi connectivity index (χ2n) is 7.46. The highest BCUT2D eigenvalue weighted by molar-refractivity contribution is 7.89. The summed E-state index contributed by atoms with van der Waals surface area (Å²) >= 11 is 1.25. The molecule has 174 valence electrons. The van der Waals surface area contributed by atoms with Gasteiger partial charge in [-0.25, -0.2) is 8.42 Å². The lowest BCUT2D eigenvalue weighted by molar-refractivity contribution is 0.102. The molecule has 1 aliphatic heterocycles. The van der Waals surface area contributed by atoms with Crippen molar-refractivity contribution in [1.82, 2.24) is 14.5 Å². The first-order valence-corrected chi connectivity index (χ1v) is 12.6. The lowest BCUT2D eigenvalue weighted by Gasteiger charge is -2.15. The van der Waals surface area contributed by atoms with Gasteiger partial charge in [-0.2, -0.15) is 4.31 Å². The maximum atomic E-state index is 12.8. The molecule has 2 aromatic carbocycles. The summed E-state index contributed by atoms with van der Waals surface area (Å²) in [5.41, 5.74) is 1.20. The molecule has 33 heavy (non-hydrogen) atoms. The minimum absolute atomic E-state index is 0.114. The number of sulfonamides is 1. The lowest BCUT2D eigenvalue weighted by atomic mass is 10.1. The Bertz CT molecular complexity index is 1250. The van der Waals surface area contributed by atoms with Crippen LogP contribution in [-0.4, -0.2) is 56.1 Å². The van der Waals surface area contributed by atoms with Gasteiger partial charge in [0.1, 0.15) is 5.01 Å². The van der Waals surface area contributed by atoms with E-state index in [1.54, 1.807) is 26.4 Å². The fourth-order valence-electron chi connectivity index (χ4n) is 3.59. The number of carbonyl (C=O) groups excluding carboxylic acids is 1. The molecule has 0 atom stereocenters. The molecular formula is C22H24N4O5S2. The number of nitrogens with zero attached hydrogens (tertiary/aromatic N) is 3. The second-order valence-corrected chi connectivity index (χ2v) is 10.5. The van der Waals surface area contributed by atoms with Gasteiger partial charge in [0.05, 0.1) is 19.1 Å².